The van der Waals surface area contributed by atoms with Crippen LogP contribution in [0.3, 0.4) is 0 Å². The third-order valence-electron chi connectivity index (χ3n) is 2.51. The summed E-state index contributed by atoms with van der Waals surface area (Å²) in [5.74, 6) is -0.812. The fourth-order valence-electron chi connectivity index (χ4n) is 1.49. The largest absolute Gasteiger partial charge is 0.345 e. The minimum Gasteiger partial charge on any atom is -0.345 e. The smallest absolute Gasteiger partial charge is 0.311 e. The molecular formula is C9H16ClN3O2. The second-order valence-electron chi connectivity index (χ2n) is 3.79. The molecule has 0 aromatic carbocycles. The fourth-order valence-corrected chi connectivity index (χ4v) is 1.49. The van der Waals surface area contributed by atoms with Crippen molar-refractivity contribution in [1.82, 2.24) is 15.5 Å². The third kappa shape index (κ3) is 3.35. The van der Waals surface area contributed by atoms with E-state index >= 15 is 0 Å². The maximum absolute atomic E-state index is 11.5. The summed E-state index contributed by atoms with van der Waals surface area (Å²) in [7, 11) is 0. The highest BCUT2D eigenvalue weighted by molar-refractivity contribution is 6.35. The van der Waals surface area contributed by atoms with E-state index in [0.29, 0.717) is 13.1 Å². The Kier molecular flexibility index (Phi) is 4.35. The van der Waals surface area contributed by atoms with E-state index in [9.17, 15) is 9.59 Å². The van der Waals surface area contributed by atoms with E-state index in [1.807, 2.05) is 0 Å². The molecule has 0 bridgehead atoms. The molecule has 2 amide bonds. The van der Waals surface area contributed by atoms with Gasteiger partial charge in [-0.15, -0.1) is 12.4 Å². The van der Waals surface area contributed by atoms with Gasteiger partial charge in [0.05, 0.1) is 0 Å². The van der Waals surface area contributed by atoms with E-state index in [1.54, 1.807) is 4.90 Å². The quantitative estimate of drug-likeness (QED) is 0.579. The summed E-state index contributed by atoms with van der Waals surface area (Å²) in [6.07, 6.45) is 2.03. The second kappa shape index (κ2) is 5.32. The van der Waals surface area contributed by atoms with Gasteiger partial charge in [-0.2, -0.15) is 0 Å². The average molecular weight is 234 g/mol. The summed E-state index contributed by atoms with van der Waals surface area (Å²) >= 11 is 0. The summed E-state index contributed by atoms with van der Waals surface area (Å²) < 4.78 is 0. The van der Waals surface area contributed by atoms with Crippen molar-refractivity contribution in [2.45, 2.75) is 18.9 Å². The molecule has 0 unspecified atom stereocenters. The molecule has 0 spiro atoms. The molecule has 1 aliphatic carbocycles. The zero-order valence-electron chi connectivity index (χ0n) is 8.49. The van der Waals surface area contributed by atoms with Crippen molar-refractivity contribution in [2.75, 3.05) is 26.2 Å². The number of hydrogen-bond donors (Lipinski definition) is 2. The Morgan fingerprint density at radius 3 is 2.33 bits per heavy atom. The Morgan fingerprint density at radius 1 is 1.20 bits per heavy atom. The predicted molar refractivity (Wildman–Crippen MR) is 57.9 cm³/mol. The van der Waals surface area contributed by atoms with E-state index in [0.717, 1.165) is 25.9 Å². The lowest BCUT2D eigenvalue weighted by atomic mass is 10.3. The van der Waals surface area contributed by atoms with Crippen LogP contribution in [0, 0.1) is 0 Å². The summed E-state index contributed by atoms with van der Waals surface area (Å²) in [4.78, 5) is 24.5. The molecule has 5 nitrogen and oxygen atoms in total. The molecule has 1 aliphatic heterocycles. The molecule has 6 heteroatoms. The summed E-state index contributed by atoms with van der Waals surface area (Å²) in [6.45, 7) is 2.83. The predicted octanol–water partition coefficient (Wildman–Crippen LogP) is -0.881. The van der Waals surface area contributed by atoms with Crippen LogP contribution in [0.15, 0.2) is 0 Å². The van der Waals surface area contributed by atoms with Gasteiger partial charge in [0.15, 0.2) is 0 Å². The van der Waals surface area contributed by atoms with Crippen LogP contribution in [0.4, 0.5) is 0 Å². The lowest BCUT2D eigenvalue weighted by Crippen LogP contribution is -2.51. The number of carbonyl (C=O) groups excluding carboxylic acids is 2. The van der Waals surface area contributed by atoms with Crippen molar-refractivity contribution in [1.29, 1.82) is 0 Å². The van der Waals surface area contributed by atoms with E-state index in [2.05, 4.69) is 10.6 Å². The van der Waals surface area contributed by atoms with Crippen LogP contribution in [-0.2, 0) is 9.59 Å². The normalized spacial score (nSPS) is 20.4. The van der Waals surface area contributed by atoms with Crippen molar-refractivity contribution >= 4 is 24.2 Å². The number of nitrogens with one attached hydrogen (secondary N) is 2. The van der Waals surface area contributed by atoms with Crippen LogP contribution < -0.4 is 10.6 Å². The number of rotatable bonds is 1. The van der Waals surface area contributed by atoms with Crippen molar-refractivity contribution in [3.63, 3.8) is 0 Å². The Bertz CT molecular complexity index is 250. The Balaban J connectivity index is 0.00000112. The van der Waals surface area contributed by atoms with Crippen LogP contribution in [0.5, 0.6) is 0 Å². The lowest BCUT2D eigenvalue weighted by molar-refractivity contribution is -0.146. The van der Waals surface area contributed by atoms with Gasteiger partial charge in [0.25, 0.3) is 0 Å². The van der Waals surface area contributed by atoms with Crippen LogP contribution in [-0.4, -0.2) is 48.9 Å². The molecule has 0 radical (unpaired) electrons. The molecule has 2 N–H and O–H groups in total. The van der Waals surface area contributed by atoms with Crippen molar-refractivity contribution < 1.29 is 9.59 Å². The highest BCUT2D eigenvalue weighted by Gasteiger charge is 2.29. The molecule has 0 aromatic heterocycles. The first-order valence-corrected chi connectivity index (χ1v) is 5.08. The highest BCUT2D eigenvalue weighted by Crippen LogP contribution is 2.18. The van der Waals surface area contributed by atoms with Gasteiger partial charge in [-0.1, -0.05) is 0 Å². The summed E-state index contributed by atoms with van der Waals surface area (Å²) in [6, 6.07) is 0.259. The number of amides is 2. The fraction of sp³-hybridized carbons (Fsp3) is 0.778. The van der Waals surface area contributed by atoms with Gasteiger partial charge in [-0.3, -0.25) is 9.59 Å². The number of hydrogen-bond acceptors (Lipinski definition) is 3. The van der Waals surface area contributed by atoms with E-state index < -0.39 is 5.91 Å². The van der Waals surface area contributed by atoms with Crippen LogP contribution in [0.1, 0.15) is 12.8 Å². The monoisotopic (exact) mass is 233 g/mol. The molecule has 0 aromatic rings. The summed E-state index contributed by atoms with van der Waals surface area (Å²) in [5, 5.41) is 5.84. The van der Waals surface area contributed by atoms with Gasteiger partial charge in [0, 0.05) is 32.2 Å². The molecule has 15 heavy (non-hydrogen) atoms. The summed E-state index contributed by atoms with van der Waals surface area (Å²) in [5.41, 5.74) is 0. The molecule has 86 valence electrons. The molecule has 2 aliphatic rings. The maximum atomic E-state index is 11.5. The molecule has 2 fully saturated rings. The molecule has 0 atom stereocenters. The first-order chi connectivity index (χ1) is 6.77. The average Bonchev–Trinajstić information content (AvgIpc) is 3.02. The second-order valence-corrected chi connectivity index (χ2v) is 3.79. The minimum absolute atomic E-state index is 0. The van der Waals surface area contributed by atoms with Crippen LogP contribution in [0.2, 0.25) is 0 Å². The first kappa shape index (κ1) is 12.3. The zero-order valence-corrected chi connectivity index (χ0v) is 9.31. The van der Waals surface area contributed by atoms with Gasteiger partial charge in [-0.05, 0) is 12.8 Å². The number of nitrogens with zero attached hydrogens (tertiary/aromatic N) is 1. The van der Waals surface area contributed by atoms with Gasteiger partial charge in [-0.25, -0.2) is 0 Å². The number of carbonyl (C=O) groups is 2. The minimum atomic E-state index is -0.436. The maximum Gasteiger partial charge on any atom is 0.311 e. The highest BCUT2D eigenvalue weighted by atomic mass is 35.5. The first-order valence-electron chi connectivity index (χ1n) is 5.08. The topological polar surface area (TPSA) is 61.4 Å². The molecular weight excluding hydrogens is 218 g/mol. The standard InChI is InChI=1S/C9H15N3O2.ClH/c13-8(11-7-1-2-7)9(14)12-5-3-10-4-6-12;/h7,10H,1-6H2,(H,11,13);1H. The van der Waals surface area contributed by atoms with Crippen molar-refractivity contribution in [2.24, 2.45) is 0 Å². The van der Waals surface area contributed by atoms with Gasteiger partial charge in [0.1, 0.15) is 0 Å². The molecule has 1 heterocycles. The Labute approximate surface area is 95.0 Å². The number of piperazine rings is 1. The Morgan fingerprint density at radius 2 is 1.80 bits per heavy atom. The van der Waals surface area contributed by atoms with E-state index in [4.69, 9.17) is 0 Å². The lowest BCUT2D eigenvalue weighted by Gasteiger charge is -2.26. The molecule has 1 saturated carbocycles. The van der Waals surface area contributed by atoms with Crippen molar-refractivity contribution in [3.05, 3.63) is 0 Å². The number of halogens is 1. The van der Waals surface area contributed by atoms with E-state index in [1.165, 1.54) is 0 Å². The molecule has 2 rings (SSSR count). The Hall–Kier alpha value is -0.810. The van der Waals surface area contributed by atoms with Crippen LogP contribution >= 0.6 is 12.4 Å². The van der Waals surface area contributed by atoms with Gasteiger partial charge >= 0.3 is 11.8 Å². The SMILES string of the molecule is Cl.O=C(NC1CC1)C(=O)N1CCNCC1. The van der Waals surface area contributed by atoms with Gasteiger partial charge in [0.2, 0.25) is 0 Å². The zero-order chi connectivity index (χ0) is 9.97. The third-order valence-corrected chi connectivity index (χ3v) is 2.51. The van der Waals surface area contributed by atoms with E-state index in [-0.39, 0.29) is 24.4 Å². The van der Waals surface area contributed by atoms with Crippen LogP contribution in [0.25, 0.3) is 0 Å². The van der Waals surface area contributed by atoms with Crippen molar-refractivity contribution in [3.8, 4) is 0 Å². The molecule has 1 saturated heterocycles. The van der Waals surface area contributed by atoms with Gasteiger partial charge < -0.3 is 15.5 Å².